The van der Waals surface area contributed by atoms with Gasteiger partial charge in [-0.3, -0.25) is 71.7 Å². The summed E-state index contributed by atoms with van der Waals surface area (Å²) in [4.78, 5) is 140. The lowest BCUT2D eigenvalue weighted by atomic mass is 9.47. The van der Waals surface area contributed by atoms with Crippen LogP contribution in [0.15, 0.2) is 0 Å². The highest BCUT2D eigenvalue weighted by molar-refractivity contribution is 7.91. The molecule has 3 amide bonds. The molecule has 34 heteroatoms. The highest BCUT2D eigenvalue weighted by Gasteiger charge is 2.68. The number of fused-ring (bicyclic) bond motifs is 8. The number of carboxylic acid groups (broad SMARTS) is 4. The van der Waals surface area contributed by atoms with Crippen LogP contribution in [0.5, 0.6) is 0 Å². The average Bonchev–Trinajstić information content (AvgIpc) is 1.70. The Labute approximate surface area is 896 Å². The minimum Gasteiger partial charge on any atom is -0.481 e. The molecule has 147 heavy (non-hydrogen) atoms. The van der Waals surface area contributed by atoms with E-state index in [2.05, 4.69) is 41.9 Å². The van der Waals surface area contributed by atoms with Crippen molar-refractivity contribution in [3.05, 3.63) is 0 Å². The van der Waals surface area contributed by atoms with E-state index in [9.17, 15) is 96.3 Å². The predicted octanol–water partition coefficient (Wildman–Crippen LogP) is 24.3. The number of aliphatic carboxylic acids is 4. The number of rotatable bonds is 26. The average molecular weight is 2180 g/mol. The van der Waals surface area contributed by atoms with Gasteiger partial charge < -0.3 is 34.6 Å². The van der Waals surface area contributed by atoms with Crippen LogP contribution in [-0.2, 0) is 112 Å². The minimum absolute atomic E-state index is 0. The Bertz CT molecular complexity index is 4770. The first-order chi connectivity index (χ1) is 61.4. The summed E-state index contributed by atoms with van der Waals surface area (Å²) in [5.74, 6) is 2.70. The van der Waals surface area contributed by atoms with Gasteiger partial charge in [-0.2, -0.15) is 0 Å². The predicted molar refractivity (Wildman–Crippen MR) is 596 cm³/mol. The molecule has 0 aromatic rings. The molecule has 16 aliphatic rings. The Morgan fingerprint density at radius 2 is 0.748 bits per heavy atom. The highest BCUT2D eigenvalue weighted by atomic mass is 32.2. The molecule has 7 N–H and O–H groups in total. The summed E-state index contributed by atoms with van der Waals surface area (Å²) in [5.41, 5.74) is -6.71. The van der Waals surface area contributed by atoms with Crippen molar-refractivity contribution in [2.45, 2.75) is 453 Å². The number of sulfone groups is 1. The zero-order chi connectivity index (χ0) is 103. The Kier molecular flexibility index (Phi) is 60.0. The van der Waals surface area contributed by atoms with Crippen LogP contribution in [0.4, 0.5) is 0 Å². The van der Waals surface area contributed by atoms with E-state index in [1.807, 2.05) is 102 Å². The number of carboxylic acids is 4. The fourth-order valence-corrected chi connectivity index (χ4v) is 28.6. The molecular formula is C113H219N3O27S4. The fraction of sp³-hybridized carbons (Fsp3) is 0.894. The summed E-state index contributed by atoms with van der Waals surface area (Å²) in [7, 11) is -12.6. The van der Waals surface area contributed by atoms with Crippen LogP contribution < -0.4 is 14.2 Å². The molecule has 16 saturated carbocycles. The second-order valence-corrected chi connectivity index (χ2v) is 55.7. The topological polar surface area (TPSA) is 486 Å². The van der Waals surface area contributed by atoms with Crippen molar-refractivity contribution in [1.82, 2.24) is 14.2 Å². The summed E-state index contributed by atoms with van der Waals surface area (Å²) < 4.78 is 115. The third-order valence-corrected chi connectivity index (χ3v) is 39.2. The van der Waals surface area contributed by atoms with E-state index in [4.69, 9.17) is 24.8 Å². The Balaban J connectivity index is -0.000000304. The number of amides is 3. The number of ketones is 2. The number of hydrogen-bond acceptors (Lipinski definition) is 23. The number of hydrogen-bond donors (Lipinski definition) is 7. The molecule has 16 fully saturated rings. The number of methoxy groups -OCH3 is 1. The van der Waals surface area contributed by atoms with Crippen molar-refractivity contribution in [2.24, 2.45) is 161 Å². The maximum Gasteiger partial charge on any atom is 0.312 e. The molecule has 0 heterocycles. The maximum absolute atomic E-state index is 12.9. The molecule has 872 valence electrons. The van der Waals surface area contributed by atoms with Crippen molar-refractivity contribution < 1.29 is 126 Å². The normalized spacial score (nSPS) is 30.9. The fourth-order valence-electron chi connectivity index (χ4n) is 24.7. The van der Waals surface area contributed by atoms with Crippen LogP contribution in [0.25, 0.3) is 0 Å². The first-order valence-electron chi connectivity index (χ1n) is 49.7. The third-order valence-electron chi connectivity index (χ3n) is 35.9. The molecule has 0 aliphatic heterocycles. The van der Waals surface area contributed by atoms with Gasteiger partial charge in [0.1, 0.15) is 22.7 Å². The summed E-state index contributed by atoms with van der Waals surface area (Å²) >= 11 is 0. The number of sulfonamides is 3. The third kappa shape index (κ3) is 37.6. The van der Waals surface area contributed by atoms with Crippen molar-refractivity contribution in [1.29, 1.82) is 0 Å². The van der Waals surface area contributed by atoms with Gasteiger partial charge in [0, 0.05) is 41.3 Å². The number of nitrogens with one attached hydrogen (secondary N) is 3. The number of esters is 3. The number of ether oxygens (including phenoxy) is 3. The first-order valence-corrected chi connectivity index (χ1v) is 57.2. The molecule has 30 nitrogen and oxygen atoms in total. The van der Waals surface area contributed by atoms with E-state index in [1.165, 1.54) is 32.8 Å². The van der Waals surface area contributed by atoms with Crippen molar-refractivity contribution in [3.8, 4) is 0 Å². The second kappa shape index (κ2) is 57.3. The van der Waals surface area contributed by atoms with Crippen molar-refractivity contribution >= 4 is 111 Å². The van der Waals surface area contributed by atoms with Gasteiger partial charge in [-0.05, 0) is 317 Å². The van der Waals surface area contributed by atoms with Gasteiger partial charge in [0.15, 0.2) is 15.6 Å². The van der Waals surface area contributed by atoms with Crippen LogP contribution in [0.3, 0.4) is 0 Å². The number of carbonyl (C=O) groups excluding carboxylic acids is 8. The number of Topliss-reactive ketones (excluding diaryl/α,β-unsaturated/α-hetero) is 2. The zero-order valence-electron chi connectivity index (χ0n) is 86.6. The lowest BCUT2D eigenvalue weighted by Gasteiger charge is -2.60. The maximum atomic E-state index is 12.9. The smallest absolute Gasteiger partial charge is 0.312 e. The van der Waals surface area contributed by atoms with E-state index in [0.29, 0.717) is 122 Å². The van der Waals surface area contributed by atoms with Crippen molar-refractivity contribution in [2.75, 3.05) is 37.4 Å². The summed E-state index contributed by atoms with van der Waals surface area (Å²) in [6.07, 6.45) is 27.5. The van der Waals surface area contributed by atoms with Gasteiger partial charge in [-0.1, -0.05) is 206 Å². The quantitative estimate of drug-likeness (QED) is 0.0312. The van der Waals surface area contributed by atoms with E-state index in [1.54, 1.807) is 41.5 Å². The SMILES string of the molecule is C.C.C.C.C.C.C.C.C.C.C.C.CC1C2CC(C(=O)NS(C)(=O)=O)C(C2)C1C.CC1C2CC(C(=O)O)C(C2)C1C.CCC(C)(C)C(=O)NS(=O)(=O)CC12CCC(CC1=O)C2(C)C.CCC(C)(C)C(=O)NS(C)(=O)=O.CCC(C)(C)C(=O)O.CCC(C)(C)C(=O)OC.CCC(C)(C)C(=O)OC12CC3CC(C1)CC(C(=O)CS(C)(=O)=O)(C3)C2.CCC(C)(C)C(=O)OC12CC3CC(C1)CC(C(=O)O)(C3)C2.O=C(O)C1CC2CCC1C2. The minimum atomic E-state index is -3.83. The summed E-state index contributed by atoms with van der Waals surface area (Å²) in [6.45, 7) is 46.0. The molecule has 19 unspecified atom stereocenters. The van der Waals surface area contributed by atoms with E-state index < -0.39 is 136 Å². The summed E-state index contributed by atoms with van der Waals surface area (Å²) in [5, 5.41) is 35.8. The lowest BCUT2D eigenvalue weighted by molar-refractivity contribution is -0.215. The monoisotopic (exact) mass is 2180 g/mol. The van der Waals surface area contributed by atoms with Gasteiger partial charge in [0.25, 0.3) is 0 Å². The van der Waals surface area contributed by atoms with E-state index in [-0.39, 0.29) is 165 Å². The van der Waals surface area contributed by atoms with E-state index in [0.717, 1.165) is 140 Å². The van der Waals surface area contributed by atoms with Crippen LogP contribution in [0, 0.1) is 161 Å². The molecule has 0 aromatic carbocycles. The van der Waals surface area contributed by atoms with Gasteiger partial charge >= 0.3 is 41.8 Å². The zero-order valence-corrected chi connectivity index (χ0v) is 89.9. The molecule has 19 atom stereocenters. The molecule has 16 aliphatic carbocycles. The van der Waals surface area contributed by atoms with Gasteiger partial charge in [0.05, 0.1) is 69.7 Å². The van der Waals surface area contributed by atoms with E-state index >= 15 is 0 Å². The Hall–Kier alpha value is -6.16. The largest absolute Gasteiger partial charge is 0.481 e. The lowest BCUT2D eigenvalue weighted by Crippen LogP contribution is -2.60. The van der Waals surface area contributed by atoms with Gasteiger partial charge in [0.2, 0.25) is 47.8 Å². The van der Waals surface area contributed by atoms with Gasteiger partial charge in [-0.25, -0.2) is 33.7 Å². The molecule has 0 spiro atoms. The number of carbonyl (C=O) groups is 12. The molecule has 16 bridgehead atoms. The molecule has 16 rings (SSSR count). The second-order valence-electron chi connectivity index (χ2n) is 48.3. The Morgan fingerprint density at radius 1 is 0.395 bits per heavy atom. The molecule has 0 aromatic heterocycles. The van der Waals surface area contributed by atoms with Crippen LogP contribution >= 0.6 is 0 Å². The van der Waals surface area contributed by atoms with Crippen LogP contribution in [-0.4, -0.2) is 174 Å². The Morgan fingerprint density at radius 3 is 1.02 bits per heavy atom. The molecule has 0 radical (unpaired) electrons. The standard InChI is InChI=1S/C19H30O5S.C17H26O4.C16H27NO4S.C11H19NO3S.C10H16O2.C8H12O2.C7H15NO3S.C7H14O2.C6H12O2.12CH4/c1-5-17(2,3)16(21)24-19-9-13-6-14(10-19)8-18(7-13,12-19)15(20)11-25(4,22)23;1-4-15(2,3)14(20)21-17-8-11-5-12(9-17)7-16(6-11,10-17)13(18)19;1-6-14(2,3)13(19)17-22(20,21)10-16-8-7-11(9-12(16)18)15(16,4)5;1-6-7(2)9-4-8(6)5-10(9)11(13)12-16(3,14)15;1-5-6(2)8-3-7(5)4-9(8)10(11)12;9-8(10)7-4-5-1-2-6(7)3-5;1-5-7(2,3)6(9)8-12(4,10)11;1-5-7(2,3)6(8)9-4;1-4-6(2,3)5(7)8;;;;;;;;;;;;/h13-14H,5-12H2,1-4H3;11-12H,4-10H2,1-3H3,(H,18,19);11H,6-10H2,1-5H3,(H,17,19);6-10H,4-5H2,1-3H3,(H,12,13);5-9H,3-4H2,1-2H3,(H,11,12);5-7H,1-4H2,(H,9,10);5H2,1-4H3,(H,8,9);5H2,1-4H3;4H2,1-3H3,(H,7,8);12*1H4. The summed E-state index contributed by atoms with van der Waals surface area (Å²) in [6, 6.07) is 0. The van der Waals surface area contributed by atoms with Crippen LogP contribution in [0.1, 0.15) is 441 Å². The molecule has 0 saturated heterocycles. The van der Waals surface area contributed by atoms with Gasteiger partial charge in [-0.15, -0.1) is 0 Å². The first kappa shape index (κ1) is 154. The van der Waals surface area contributed by atoms with Crippen molar-refractivity contribution in [3.63, 3.8) is 0 Å². The highest BCUT2D eigenvalue weighted by Crippen LogP contribution is 2.67. The molecular weight excluding hydrogens is 1960 g/mol. The van der Waals surface area contributed by atoms with Crippen LogP contribution in [0.2, 0.25) is 0 Å².